The Labute approximate surface area is 164 Å². The van der Waals surface area contributed by atoms with Gasteiger partial charge in [-0.05, 0) is 24.3 Å². The molecule has 1 aliphatic rings. The maximum absolute atomic E-state index is 12.5. The Morgan fingerprint density at radius 1 is 1.19 bits per heavy atom. The van der Waals surface area contributed by atoms with Gasteiger partial charge >= 0.3 is 0 Å². The van der Waals surface area contributed by atoms with Crippen LogP contribution in [-0.4, -0.2) is 46.9 Å². The lowest BCUT2D eigenvalue weighted by atomic mass is 9.98. The molecule has 0 radical (unpaired) electrons. The number of hydrogen-bond donors (Lipinski definition) is 0. The fourth-order valence-electron chi connectivity index (χ4n) is 3.17. The molecule has 0 unspecified atom stereocenters. The highest BCUT2D eigenvalue weighted by Crippen LogP contribution is 2.26. The summed E-state index contributed by atoms with van der Waals surface area (Å²) in [6.07, 6.45) is 2.54. The van der Waals surface area contributed by atoms with E-state index in [9.17, 15) is 4.79 Å². The van der Waals surface area contributed by atoms with Crippen LogP contribution in [0.2, 0.25) is 0 Å². The molecule has 0 bridgehead atoms. The Balaban J connectivity index is 1.48. The van der Waals surface area contributed by atoms with Crippen molar-refractivity contribution in [1.82, 2.24) is 14.8 Å². The topological polar surface area (TPSA) is 36.4 Å². The summed E-state index contributed by atoms with van der Waals surface area (Å²) >= 11 is 3.50. The summed E-state index contributed by atoms with van der Waals surface area (Å²) in [4.78, 5) is 23.1. The molecular weight excluding hydrogens is 362 g/mol. The van der Waals surface area contributed by atoms with Gasteiger partial charge in [-0.2, -0.15) is 0 Å². The summed E-state index contributed by atoms with van der Waals surface area (Å²) < 4.78 is 0. The van der Waals surface area contributed by atoms with Gasteiger partial charge in [-0.25, -0.2) is 4.98 Å². The SMILES string of the molecule is CC(C)(C)c1nc(CN2CCCN(C(=O)CCc3cccs3)CC2)cs1. The third kappa shape index (κ3) is 5.38. The smallest absolute Gasteiger partial charge is 0.222 e. The quantitative estimate of drug-likeness (QED) is 0.767. The van der Waals surface area contributed by atoms with Gasteiger partial charge < -0.3 is 4.90 Å². The Morgan fingerprint density at radius 3 is 2.73 bits per heavy atom. The fourth-order valence-corrected chi connectivity index (χ4v) is 4.78. The van der Waals surface area contributed by atoms with E-state index in [0.717, 1.165) is 51.3 Å². The molecule has 0 saturated carbocycles. The lowest BCUT2D eigenvalue weighted by molar-refractivity contribution is -0.131. The van der Waals surface area contributed by atoms with Gasteiger partial charge in [0.1, 0.15) is 0 Å². The molecule has 1 fully saturated rings. The minimum absolute atomic E-state index is 0.119. The minimum atomic E-state index is 0.119. The number of thiophene rings is 1. The summed E-state index contributed by atoms with van der Waals surface area (Å²) in [5.41, 5.74) is 1.28. The minimum Gasteiger partial charge on any atom is -0.341 e. The van der Waals surface area contributed by atoms with Crippen LogP contribution in [0.5, 0.6) is 0 Å². The first-order chi connectivity index (χ1) is 12.4. The van der Waals surface area contributed by atoms with Gasteiger partial charge in [0.15, 0.2) is 0 Å². The molecule has 0 atom stereocenters. The molecule has 3 rings (SSSR count). The highest BCUT2D eigenvalue weighted by Gasteiger charge is 2.21. The summed E-state index contributed by atoms with van der Waals surface area (Å²) in [5.74, 6) is 0.295. The third-order valence-electron chi connectivity index (χ3n) is 4.69. The average Bonchev–Trinajstić information content (AvgIpc) is 3.21. The van der Waals surface area contributed by atoms with Gasteiger partial charge in [0.05, 0.1) is 10.7 Å². The normalized spacial score (nSPS) is 16.7. The summed E-state index contributed by atoms with van der Waals surface area (Å²) in [6.45, 7) is 11.2. The lowest BCUT2D eigenvalue weighted by Gasteiger charge is -2.21. The molecule has 0 aromatic carbocycles. The highest BCUT2D eigenvalue weighted by molar-refractivity contribution is 7.10. The number of nitrogens with zero attached hydrogens (tertiary/aromatic N) is 3. The van der Waals surface area contributed by atoms with Crippen LogP contribution in [0.25, 0.3) is 0 Å². The van der Waals surface area contributed by atoms with E-state index in [0.29, 0.717) is 12.3 Å². The van der Waals surface area contributed by atoms with E-state index in [1.807, 2.05) is 0 Å². The van der Waals surface area contributed by atoms with E-state index in [-0.39, 0.29) is 5.41 Å². The first-order valence-electron chi connectivity index (χ1n) is 9.39. The van der Waals surface area contributed by atoms with Crippen LogP contribution < -0.4 is 0 Å². The first-order valence-corrected chi connectivity index (χ1v) is 11.1. The number of aromatic nitrogens is 1. The van der Waals surface area contributed by atoms with Gasteiger partial charge in [-0.3, -0.25) is 9.69 Å². The van der Waals surface area contributed by atoms with E-state index in [4.69, 9.17) is 4.98 Å². The zero-order valence-electron chi connectivity index (χ0n) is 16.0. The largest absolute Gasteiger partial charge is 0.341 e. The van der Waals surface area contributed by atoms with Crippen LogP contribution in [0, 0.1) is 0 Å². The Kier molecular flexibility index (Phi) is 6.48. The number of amides is 1. The zero-order valence-corrected chi connectivity index (χ0v) is 17.7. The Morgan fingerprint density at radius 2 is 2.04 bits per heavy atom. The average molecular weight is 392 g/mol. The second kappa shape index (κ2) is 8.63. The van der Waals surface area contributed by atoms with E-state index in [1.54, 1.807) is 22.7 Å². The van der Waals surface area contributed by atoms with Crippen LogP contribution in [0.1, 0.15) is 49.2 Å². The molecule has 142 valence electrons. The molecule has 0 aliphatic carbocycles. The Bertz CT molecular complexity index is 703. The van der Waals surface area contributed by atoms with Crippen LogP contribution in [0.15, 0.2) is 22.9 Å². The molecule has 2 aromatic rings. The summed E-state index contributed by atoms with van der Waals surface area (Å²) in [7, 11) is 0. The van der Waals surface area contributed by atoms with Crippen LogP contribution in [-0.2, 0) is 23.2 Å². The number of carbonyl (C=O) groups is 1. The van der Waals surface area contributed by atoms with Crippen LogP contribution in [0.4, 0.5) is 0 Å². The van der Waals surface area contributed by atoms with Gasteiger partial charge in [0.25, 0.3) is 0 Å². The van der Waals surface area contributed by atoms with Crippen LogP contribution in [0.3, 0.4) is 0 Å². The standard InChI is InChI=1S/C20H29N3OS2/c1-20(2,3)19-21-16(15-26-19)14-22-9-5-10-23(12-11-22)18(24)8-7-17-6-4-13-25-17/h4,6,13,15H,5,7-12,14H2,1-3H3. The van der Waals surface area contributed by atoms with E-state index in [2.05, 4.69) is 53.5 Å². The fraction of sp³-hybridized carbons (Fsp3) is 0.600. The molecular formula is C20H29N3OS2. The van der Waals surface area contributed by atoms with Crippen molar-refractivity contribution >= 4 is 28.6 Å². The van der Waals surface area contributed by atoms with Gasteiger partial charge in [-0.1, -0.05) is 26.8 Å². The molecule has 0 N–H and O–H groups in total. The third-order valence-corrected chi connectivity index (χ3v) is 6.94. The highest BCUT2D eigenvalue weighted by atomic mass is 32.1. The first kappa shape index (κ1) is 19.5. The summed E-state index contributed by atoms with van der Waals surface area (Å²) in [6, 6.07) is 4.17. The molecule has 1 aliphatic heterocycles. The predicted molar refractivity (Wildman–Crippen MR) is 110 cm³/mol. The van der Waals surface area contributed by atoms with Crippen molar-refractivity contribution < 1.29 is 4.79 Å². The number of hydrogen-bond acceptors (Lipinski definition) is 5. The van der Waals surface area contributed by atoms with Crippen molar-refractivity contribution in [2.45, 2.75) is 52.0 Å². The molecule has 3 heterocycles. The maximum atomic E-state index is 12.5. The maximum Gasteiger partial charge on any atom is 0.222 e. The second-order valence-corrected chi connectivity index (χ2v) is 9.87. The number of thiazole rings is 1. The van der Waals surface area contributed by atoms with Gasteiger partial charge in [-0.15, -0.1) is 22.7 Å². The molecule has 0 spiro atoms. The Hall–Kier alpha value is -1.24. The monoisotopic (exact) mass is 391 g/mol. The molecule has 4 nitrogen and oxygen atoms in total. The predicted octanol–water partition coefficient (Wildman–Crippen LogP) is 4.17. The zero-order chi connectivity index (χ0) is 18.6. The van der Waals surface area contributed by atoms with E-state index >= 15 is 0 Å². The van der Waals surface area contributed by atoms with Crippen molar-refractivity contribution in [2.75, 3.05) is 26.2 Å². The van der Waals surface area contributed by atoms with Crippen molar-refractivity contribution in [2.24, 2.45) is 0 Å². The van der Waals surface area contributed by atoms with E-state index in [1.165, 1.54) is 9.88 Å². The molecule has 6 heteroatoms. The van der Waals surface area contributed by atoms with Crippen molar-refractivity contribution in [3.63, 3.8) is 0 Å². The van der Waals surface area contributed by atoms with Gasteiger partial charge in [0.2, 0.25) is 5.91 Å². The molecule has 1 saturated heterocycles. The van der Waals surface area contributed by atoms with Crippen molar-refractivity contribution in [1.29, 1.82) is 0 Å². The number of carbonyl (C=O) groups excluding carboxylic acids is 1. The van der Waals surface area contributed by atoms with Gasteiger partial charge in [0, 0.05) is 54.8 Å². The van der Waals surface area contributed by atoms with E-state index < -0.39 is 0 Å². The molecule has 26 heavy (non-hydrogen) atoms. The summed E-state index contributed by atoms with van der Waals surface area (Å²) in [5, 5.41) is 5.47. The van der Waals surface area contributed by atoms with Crippen molar-refractivity contribution in [3.8, 4) is 0 Å². The molecule has 1 amide bonds. The van der Waals surface area contributed by atoms with Crippen LogP contribution >= 0.6 is 22.7 Å². The second-order valence-electron chi connectivity index (χ2n) is 7.98. The lowest BCUT2D eigenvalue weighted by Crippen LogP contribution is -2.35. The number of aryl methyl sites for hydroxylation is 1. The van der Waals surface area contributed by atoms with Crippen molar-refractivity contribution in [3.05, 3.63) is 38.5 Å². The number of rotatable bonds is 5. The molecule has 2 aromatic heterocycles.